The third kappa shape index (κ3) is 2.04. The Morgan fingerprint density at radius 1 is 1.17 bits per heavy atom. The zero-order valence-electron chi connectivity index (χ0n) is 9.22. The SMILES string of the molecule is Fc1ccc(Cn2ncc3ncc(Cl)nc32)cc1. The average molecular weight is 263 g/mol. The zero-order chi connectivity index (χ0) is 12.5. The monoisotopic (exact) mass is 262 g/mol. The molecule has 4 nitrogen and oxygen atoms in total. The summed E-state index contributed by atoms with van der Waals surface area (Å²) in [5.74, 6) is -0.257. The maximum absolute atomic E-state index is 12.8. The van der Waals surface area contributed by atoms with Crippen LogP contribution < -0.4 is 0 Å². The Balaban J connectivity index is 1.99. The van der Waals surface area contributed by atoms with Gasteiger partial charge in [-0.3, -0.25) is 0 Å². The molecule has 0 bridgehead atoms. The molecule has 0 fully saturated rings. The summed E-state index contributed by atoms with van der Waals surface area (Å²) in [7, 11) is 0. The molecular weight excluding hydrogens is 255 g/mol. The minimum absolute atomic E-state index is 0.257. The van der Waals surface area contributed by atoms with E-state index in [1.54, 1.807) is 23.0 Å². The highest BCUT2D eigenvalue weighted by Gasteiger charge is 2.06. The highest BCUT2D eigenvalue weighted by Crippen LogP contribution is 2.13. The predicted octanol–water partition coefficient (Wildman–Crippen LogP) is 2.67. The highest BCUT2D eigenvalue weighted by atomic mass is 35.5. The second-order valence-corrected chi connectivity index (χ2v) is 4.22. The first-order chi connectivity index (χ1) is 8.72. The first-order valence-electron chi connectivity index (χ1n) is 5.31. The molecular formula is C12H8ClFN4. The third-order valence-electron chi connectivity index (χ3n) is 2.56. The normalized spacial score (nSPS) is 11.0. The van der Waals surface area contributed by atoms with Crippen molar-refractivity contribution in [1.29, 1.82) is 0 Å². The molecule has 90 valence electrons. The van der Waals surface area contributed by atoms with Crippen molar-refractivity contribution in [3.05, 3.63) is 53.2 Å². The van der Waals surface area contributed by atoms with Crippen LogP contribution in [-0.2, 0) is 6.54 Å². The summed E-state index contributed by atoms with van der Waals surface area (Å²) in [5, 5.41) is 4.52. The Bertz CT molecular complexity index is 693. The summed E-state index contributed by atoms with van der Waals surface area (Å²) in [6, 6.07) is 6.25. The van der Waals surface area contributed by atoms with Crippen LogP contribution in [0.5, 0.6) is 0 Å². The van der Waals surface area contributed by atoms with E-state index in [1.807, 2.05) is 0 Å². The van der Waals surface area contributed by atoms with Crippen molar-refractivity contribution >= 4 is 22.8 Å². The maximum Gasteiger partial charge on any atom is 0.178 e. The van der Waals surface area contributed by atoms with Gasteiger partial charge in [0.1, 0.15) is 16.5 Å². The van der Waals surface area contributed by atoms with Crippen molar-refractivity contribution in [3.8, 4) is 0 Å². The quantitative estimate of drug-likeness (QED) is 0.713. The molecule has 6 heteroatoms. The second-order valence-electron chi connectivity index (χ2n) is 3.83. The molecule has 2 heterocycles. The summed E-state index contributed by atoms with van der Waals surface area (Å²) < 4.78 is 14.5. The van der Waals surface area contributed by atoms with Crippen LogP contribution in [0.15, 0.2) is 36.7 Å². The number of nitrogens with zero attached hydrogens (tertiary/aromatic N) is 4. The van der Waals surface area contributed by atoms with Gasteiger partial charge in [0.25, 0.3) is 0 Å². The van der Waals surface area contributed by atoms with E-state index in [0.29, 0.717) is 22.9 Å². The lowest BCUT2D eigenvalue weighted by Gasteiger charge is -2.03. The summed E-state index contributed by atoms with van der Waals surface area (Å²) in [5.41, 5.74) is 2.23. The van der Waals surface area contributed by atoms with E-state index in [2.05, 4.69) is 15.1 Å². The van der Waals surface area contributed by atoms with Gasteiger partial charge >= 0.3 is 0 Å². The van der Waals surface area contributed by atoms with Gasteiger partial charge in [-0.2, -0.15) is 5.10 Å². The average Bonchev–Trinajstić information content (AvgIpc) is 2.75. The minimum atomic E-state index is -0.257. The number of fused-ring (bicyclic) bond motifs is 1. The van der Waals surface area contributed by atoms with Gasteiger partial charge < -0.3 is 0 Å². The van der Waals surface area contributed by atoms with Crippen molar-refractivity contribution in [2.45, 2.75) is 6.54 Å². The van der Waals surface area contributed by atoms with Crippen LogP contribution in [-0.4, -0.2) is 19.7 Å². The Labute approximate surface area is 107 Å². The highest BCUT2D eigenvalue weighted by molar-refractivity contribution is 6.29. The Morgan fingerprint density at radius 3 is 2.72 bits per heavy atom. The smallest absolute Gasteiger partial charge is 0.178 e. The molecule has 18 heavy (non-hydrogen) atoms. The first-order valence-corrected chi connectivity index (χ1v) is 5.69. The molecule has 0 radical (unpaired) electrons. The molecule has 3 aromatic rings. The van der Waals surface area contributed by atoms with E-state index in [0.717, 1.165) is 5.56 Å². The molecule has 2 aromatic heterocycles. The molecule has 0 saturated carbocycles. The van der Waals surface area contributed by atoms with E-state index in [9.17, 15) is 4.39 Å². The van der Waals surface area contributed by atoms with Gasteiger partial charge in [0.15, 0.2) is 5.65 Å². The summed E-state index contributed by atoms with van der Waals surface area (Å²) >= 11 is 5.81. The molecule has 0 saturated heterocycles. The van der Waals surface area contributed by atoms with Crippen molar-refractivity contribution in [2.24, 2.45) is 0 Å². The number of halogens is 2. The van der Waals surface area contributed by atoms with E-state index >= 15 is 0 Å². The second kappa shape index (κ2) is 4.34. The number of hydrogen-bond donors (Lipinski definition) is 0. The molecule has 0 atom stereocenters. The molecule has 3 rings (SSSR count). The summed E-state index contributed by atoms with van der Waals surface area (Å²) in [6.45, 7) is 0.499. The number of aromatic nitrogens is 4. The lowest BCUT2D eigenvalue weighted by atomic mass is 10.2. The van der Waals surface area contributed by atoms with Crippen LogP contribution in [0, 0.1) is 5.82 Å². The summed E-state index contributed by atoms with van der Waals surface area (Å²) in [4.78, 5) is 8.30. The van der Waals surface area contributed by atoms with Crippen LogP contribution in [0.1, 0.15) is 5.56 Å². The zero-order valence-corrected chi connectivity index (χ0v) is 9.97. The molecule has 0 spiro atoms. The standard InChI is InChI=1S/C12H8ClFN4/c13-11-6-15-10-5-16-18(12(10)17-11)7-8-1-3-9(14)4-2-8/h1-6H,7H2. The third-order valence-corrected chi connectivity index (χ3v) is 2.74. The lowest BCUT2D eigenvalue weighted by molar-refractivity contribution is 0.625. The van der Waals surface area contributed by atoms with Crippen molar-refractivity contribution in [2.75, 3.05) is 0 Å². The molecule has 0 N–H and O–H groups in total. The lowest BCUT2D eigenvalue weighted by Crippen LogP contribution is -2.02. The van der Waals surface area contributed by atoms with E-state index in [4.69, 9.17) is 11.6 Å². The molecule has 0 amide bonds. The van der Waals surface area contributed by atoms with Crippen molar-refractivity contribution < 1.29 is 4.39 Å². The topological polar surface area (TPSA) is 43.6 Å². The van der Waals surface area contributed by atoms with E-state index in [-0.39, 0.29) is 5.82 Å². The molecule has 0 unspecified atom stereocenters. The largest absolute Gasteiger partial charge is 0.248 e. The van der Waals surface area contributed by atoms with E-state index < -0.39 is 0 Å². The van der Waals surface area contributed by atoms with Gasteiger partial charge in [0.05, 0.1) is 18.9 Å². The Morgan fingerprint density at radius 2 is 1.94 bits per heavy atom. The van der Waals surface area contributed by atoms with Gasteiger partial charge in [-0.25, -0.2) is 19.0 Å². The van der Waals surface area contributed by atoms with Gasteiger partial charge in [0, 0.05) is 0 Å². The number of hydrogen-bond acceptors (Lipinski definition) is 3. The van der Waals surface area contributed by atoms with Gasteiger partial charge in [-0.1, -0.05) is 23.7 Å². The van der Waals surface area contributed by atoms with Crippen LogP contribution in [0.2, 0.25) is 5.15 Å². The van der Waals surface area contributed by atoms with Gasteiger partial charge in [-0.05, 0) is 17.7 Å². The van der Waals surface area contributed by atoms with Crippen molar-refractivity contribution in [1.82, 2.24) is 19.7 Å². The van der Waals surface area contributed by atoms with Crippen LogP contribution in [0.4, 0.5) is 4.39 Å². The van der Waals surface area contributed by atoms with Crippen LogP contribution in [0.25, 0.3) is 11.2 Å². The van der Waals surface area contributed by atoms with Gasteiger partial charge in [-0.15, -0.1) is 0 Å². The van der Waals surface area contributed by atoms with Crippen molar-refractivity contribution in [3.63, 3.8) is 0 Å². The molecule has 0 aliphatic rings. The first kappa shape index (κ1) is 11.1. The fourth-order valence-corrected chi connectivity index (χ4v) is 1.84. The molecule has 1 aromatic carbocycles. The van der Waals surface area contributed by atoms with E-state index in [1.165, 1.54) is 18.3 Å². The molecule has 0 aliphatic carbocycles. The maximum atomic E-state index is 12.8. The number of benzene rings is 1. The fourth-order valence-electron chi connectivity index (χ4n) is 1.71. The Hall–Kier alpha value is -2.01. The van der Waals surface area contributed by atoms with Crippen LogP contribution >= 0.6 is 11.6 Å². The van der Waals surface area contributed by atoms with Gasteiger partial charge in [0.2, 0.25) is 0 Å². The predicted molar refractivity (Wildman–Crippen MR) is 65.8 cm³/mol. The molecule has 0 aliphatic heterocycles. The summed E-state index contributed by atoms with van der Waals surface area (Å²) in [6.07, 6.45) is 3.11. The Kier molecular flexibility index (Phi) is 2.68. The fraction of sp³-hybridized carbons (Fsp3) is 0.0833. The number of rotatable bonds is 2. The van der Waals surface area contributed by atoms with Crippen LogP contribution in [0.3, 0.4) is 0 Å². The minimum Gasteiger partial charge on any atom is -0.248 e.